The summed E-state index contributed by atoms with van der Waals surface area (Å²) in [6.45, 7) is 2.26. The number of aryl methyl sites for hydroxylation is 1. The molecule has 0 aromatic heterocycles. The Labute approximate surface area is 193 Å². The summed E-state index contributed by atoms with van der Waals surface area (Å²) in [5.74, 6) is 6.77. The zero-order valence-electron chi connectivity index (χ0n) is 18.9. The predicted octanol–water partition coefficient (Wildman–Crippen LogP) is 8.54. The van der Waals surface area contributed by atoms with Gasteiger partial charge in [0, 0.05) is 11.1 Å². The minimum Gasteiger partial charge on any atom is -0.0654 e. The molecule has 4 rings (SSSR count). The average Bonchev–Trinajstić information content (AvgIpc) is 2.87. The maximum absolute atomic E-state index is 3.40. The maximum atomic E-state index is 3.40. The molecule has 158 valence electrons. The van der Waals surface area contributed by atoms with Crippen molar-refractivity contribution in [2.24, 2.45) is 0 Å². The van der Waals surface area contributed by atoms with Gasteiger partial charge in [-0.1, -0.05) is 123 Å². The van der Waals surface area contributed by atoms with E-state index in [1.54, 1.807) is 0 Å². The summed E-state index contributed by atoms with van der Waals surface area (Å²) in [5.41, 5.74) is 8.36. The lowest BCUT2D eigenvalue weighted by Crippen LogP contribution is -1.87. The SMILES string of the molecule is CCCCCCc1ccc(C#Cc2ccccc2-c2ccc(-c3ccccc3)cc2)cc1. The van der Waals surface area contributed by atoms with Crippen LogP contribution in [-0.2, 0) is 6.42 Å². The van der Waals surface area contributed by atoms with Gasteiger partial charge in [-0.05, 0) is 58.9 Å². The highest BCUT2D eigenvalue weighted by atomic mass is 14.1. The van der Waals surface area contributed by atoms with E-state index in [1.807, 2.05) is 6.07 Å². The molecule has 0 fully saturated rings. The Morgan fingerprint density at radius 2 is 1.19 bits per heavy atom. The average molecular weight is 415 g/mol. The van der Waals surface area contributed by atoms with Gasteiger partial charge in [0.15, 0.2) is 0 Å². The van der Waals surface area contributed by atoms with E-state index in [4.69, 9.17) is 0 Å². The third-order valence-electron chi connectivity index (χ3n) is 5.84. The van der Waals surface area contributed by atoms with Crippen LogP contribution in [0.25, 0.3) is 22.3 Å². The minimum atomic E-state index is 1.06. The summed E-state index contributed by atoms with van der Waals surface area (Å²) in [7, 11) is 0. The van der Waals surface area contributed by atoms with E-state index in [1.165, 1.54) is 53.5 Å². The Hall–Kier alpha value is -3.56. The highest BCUT2D eigenvalue weighted by Crippen LogP contribution is 2.27. The Kier molecular flexibility index (Phi) is 7.56. The third-order valence-corrected chi connectivity index (χ3v) is 5.84. The van der Waals surface area contributed by atoms with Gasteiger partial charge < -0.3 is 0 Å². The van der Waals surface area contributed by atoms with Crippen molar-refractivity contribution in [3.63, 3.8) is 0 Å². The molecule has 0 aliphatic carbocycles. The van der Waals surface area contributed by atoms with Gasteiger partial charge in [0.25, 0.3) is 0 Å². The molecule has 0 amide bonds. The molecule has 0 aliphatic heterocycles. The van der Waals surface area contributed by atoms with E-state index in [-0.39, 0.29) is 0 Å². The number of rotatable bonds is 7. The summed E-state index contributed by atoms with van der Waals surface area (Å²) < 4.78 is 0. The van der Waals surface area contributed by atoms with E-state index in [9.17, 15) is 0 Å². The Morgan fingerprint density at radius 3 is 1.94 bits per heavy atom. The molecule has 4 aromatic rings. The fourth-order valence-corrected chi connectivity index (χ4v) is 3.97. The number of unbranched alkanes of at least 4 members (excludes halogenated alkanes) is 3. The molecule has 32 heavy (non-hydrogen) atoms. The molecular weight excluding hydrogens is 384 g/mol. The molecule has 0 heteroatoms. The molecule has 0 aliphatic rings. The second kappa shape index (κ2) is 11.2. The van der Waals surface area contributed by atoms with Gasteiger partial charge in [0.2, 0.25) is 0 Å². The van der Waals surface area contributed by atoms with Gasteiger partial charge in [-0.15, -0.1) is 0 Å². The van der Waals surface area contributed by atoms with Crippen molar-refractivity contribution in [1.29, 1.82) is 0 Å². The topological polar surface area (TPSA) is 0 Å². The second-order valence-corrected chi connectivity index (χ2v) is 8.25. The van der Waals surface area contributed by atoms with Crippen molar-refractivity contribution in [2.45, 2.75) is 39.0 Å². The molecule has 0 N–H and O–H groups in total. The van der Waals surface area contributed by atoms with Gasteiger partial charge in [-0.2, -0.15) is 0 Å². The molecular formula is C32H30. The molecule has 0 atom stereocenters. The second-order valence-electron chi connectivity index (χ2n) is 8.25. The Balaban J connectivity index is 1.49. The van der Waals surface area contributed by atoms with Crippen LogP contribution in [0.2, 0.25) is 0 Å². The maximum Gasteiger partial charge on any atom is 0.0327 e. The van der Waals surface area contributed by atoms with Crippen LogP contribution in [0, 0.1) is 11.8 Å². The van der Waals surface area contributed by atoms with E-state index in [0.29, 0.717) is 0 Å². The normalized spacial score (nSPS) is 10.4. The van der Waals surface area contributed by atoms with Crippen molar-refractivity contribution in [2.75, 3.05) is 0 Å². The summed E-state index contributed by atoms with van der Waals surface area (Å²) >= 11 is 0. The van der Waals surface area contributed by atoms with Crippen molar-refractivity contribution in [1.82, 2.24) is 0 Å². The first-order chi connectivity index (χ1) is 15.8. The van der Waals surface area contributed by atoms with Crippen LogP contribution in [0.15, 0.2) is 103 Å². The van der Waals surface area contributed by atoms with Crippen LogP contribution >= 0.6 is 0 Å². The zero-order chi connectivity index (χ0) is 22.0. The lowest BCUT2D eigenvalue weighted by Gasteiger charge is -2.07. The van der Waals surface area contributed by atoms with Crippen LogP contribution in [0.3, 0.4) is 0 Å². The molecule has 4 aromatic carbocycles. The van der Waals surface area contributed by atoms with Crippen LogP contribution in [0.5, 0.6) is 0 Å². The number of hydrogen-bond donors (Lipinski definition) is 0. The fraction of sp³-hybridized carbons (Fsp3) is 0.188. The molecule has 0 spiro atoms. The van der Waals surface area contributed by atoms with E-state index in [0.717, 1.165) is 17.5 Å². The van der Waals surface area contributed by atoms with Crippen LogP contribution in [-0.4, -0.2) is 0 Å². The Bertz CT molecular complexity index is 1170. The summed E-state index contributed by atoms with van der Waals surface area (Å²) in [5, 5.41) is 0. The van der Waals surface area contributed by atoms with Crippen LogP contribution in [0.1, 0.15) is 49.3 Å². The summed E-state index contributed by atoms with van der Waals surface area (Å²) in [6.07, 6.45) is 6.37. The standard InChI is InChI=1S/C32H30/c1-2-3-4-6-11-26-16-18-27(19-17-26)20-21-30-14-9-10-15-32(30)31-24-22-29(23-25-31)28-12-7-5-8-13-28/h5,7-10,12-19,22-25H,2-4,6,11H2,1H3. The minimum absolute atomic E-state index is 1.06. The van der Waals surface area contributed by atoms with E-state index >= 15 is 0 Å². The number of benzene rings is 4. The number of hydrogen-bond acceptors (Lipinski definition) is 0. The van der Waals surface area contributed by atoms with Gasteiger partial charge in [0.05, 0.1) is 0 Å². The molecule has 0 unspecified atom stereocenters. The monoisotopic (exact) mass is 414 g/mol. The van der Waals surface area contributed by atoms with Crippen LogP contribution in [0.4, 0.5) is 0 Å². The lowest BCUT2D eigenvalue weighted by molar-refractivity contribution is 0.667. The van der Waals surface area contributed by atoms with Gasteiger partial charge in [-0.25, -0.2) is 0 Å². The van der Waals surface area contributed by atoms with Crippen LogP contribution < -0.4 is 0 Å². The summed E-state index contributed by atoms with van der Waals surface area (Å²) in [6, 6.07) is 36.4. The highest BCUT2D eigenvalue weighted by molar-refractivity contribution is 5.74. The highest BCUT2D eigenvalue weighted by Gasteiger charge is 2.04. The molecule has 0 heterocycles. The van der Waals surface area contributed by atoms with Gasteiger partial charge in [-0.3, -0.25) is 0 Å². The predicted molar refractivity (Wildman–Crippen MR) is 138 cm³/mol. The van der Waals surface area contributed by atoms with Crippen molar-refractivity contribution < 1.29 is 0 Å². The fourth-order valence-electron chi connectivity index (χ4n) is 3.97. The van der Waals surface area contributed by atoms with Gasteiger partial charge in [0.1, 0.15) is 0 Å². The van der Waals surface area contributed by atoms with Crippen molar-refractivity contribution in [3.8, 4) is 34.1 Å². The molecule has 0 saturated carbocycles. The molecule has 0 saturated heterocycles. The first-order valence-corrected chi connectivity index (χ1v) is 11.7. The first kappa shape index (κ1) is 21.7. The molecule has 0 bridgehead atoms. The zero-order valence-corrected chi connectivity index (χ0v) is 18.9. The molecule has 0 radical (unpaired) electrons. The van der Waals surface area contributed by atoms with E-state index < -0.39 is 0 Å². The Morgan fingerprint density at radius 1 is 0.531 bits per heavy atom. The van der Waals surface area contributed by atoms with E-state index in [2.05, 4.69) is 116 Å². The summed E-state index contributed by atoms with van der Waals surface area (Å²) in [4.78, 5) is 0. The smallest absolute Gasteiger partial charge is 0.0327 e. The molecule has 0 nitrogen and oxygen atoms in total. The first-order valence-electron chi connectivity index (χ1n) is 11.7. The third kappa shape index (κ3) is 5.77. The van der Waals surface area contributed by atoms with Crippen molar-refractivity contribution in [3.05, 3.63) is 120 Å². The largest absolute Gasteiger partial charge is 0.0654 e. The quantitative estimate of drug-likeness (QED) is 0.210. The van der Waals surface area contributed by atoms with Crippen molar-refractivity contribution >= 4 is 0 Å². The van der Waals surface area contributed by atoms with Gasteiger partial charge >= 0.3 is 0 Å². The lowest BCUT2D eigenvalue weighted by atomic mass is 9.97.